The molecule has 0 amide bonds. The Hall–Kier alpha value is -4.05. The number of thiazole rings is 1. The standard InChI is InChI=1S/C30H35N3O6S/c1-7-38-27(34)24-18(3)33-30(4,20-12-10-9-11-13-20)25(28(35)39-8-2)26(24)32-29-31-21(17-40-29)19-14-15-22(36-5)23(16-19)37-6/h9-17,25-26,33H,7-8H2,1-6H3,(H,31,32). The van der Waals surface area contributed by atoms with Crippen LogP contribution in [0.4, 0.5) is 5.13 Å². The molecule has 3 atom stereocenters. The summed E-state index contributed by atoms with van der Waals surface area (Å²) in [6, 6.07) is 14.5. The van der Waals surface area contributed by atoms with Crippen LogP contribution in [-0.4, -0.2) is 50.4 Å². The quantitative estimate of drug-likeness (QED) is 0.323. The number of nitrogens with zero attached hydrogens (tertiary/aromatic N) is 1. The van der Waals surface area contributed by atoms with Crippen molar-refractivity contribution in [1.29, 1.82) is 0 Å². The smallest absolute Gasteiger partial charge is 0.337 e. The Balaban J connectivity index is 1.80. The molecule has 0 saturated carbocycles. The number of hydrogen-bond acceptors (Lipinski definition) is 10. The van der Waals surface area contributed by atoms with Crippen molar-refractivity contribution >= 4 is 28.4 Å². The summed E-state index contributed by atoms with van der Waals surface area (Å²) in [5.41, 5.74) is 2.47. The van der Waals surface area contributed by atoms with Crippen molar-refractivity contribution in [2.24, 2.45) is 5.92 Å². The second-order valence-corrected chi connectivity index (χ2v) is 10.3. The number of anilines is 1. The summed E-state index contributed by atoms with van der Waals surface area (Å²) >= 11 is 1.37. The number of rotatable bonds is 10. The molecule has 1 aliphatic heterocycles. The lowest BCUT2D eigenvalue weighted by molar-refractivity contribution is -0.152. The average molecular weight is 566 g/mol. The molecule has 0 radical (unpaired) electrons. The number of benzene rings is 2. The summed E-state index contributed by atoms with van der Waals surface area (Å²) in [7, 11) is 3.17. The van der Waals surface area contributed by atoms with E-state index in [0.717, 1.165) is 11.1 Å². The molecule has 0 aliphatic carbocycles. The number of carbonyl (C=O) groups excluding carboxylic acids is 2. The van der Waals surface area contributed by atoms with Gasteiger partial charge >= 0.3 is 11.9 Å². The van der Waals surface area contributed by atoms with Crippen LogP contribution in [0, 0.1) is 5.92 Å². The Labute approximate surface area is 238 Å². The van der Waals surface area contributed by atoms with Gasteiger partial charge in [-0.2, -0.15) is 0 Å². The highest BCUT2D eigenvalue weighted by molar-refractivity contribution is 7.14. The fourth-order valence-electron chi connectivity index (χ4n) is 5.15. The molecule has 3 aromatic rings. The van der Waals surface area contributed by atoms with Gasteiger partial charge in [-0.3, -0.25) is 4.79 Å². The zero-order valence-corrected chi connectivity index (χ0v) is 24.4. The lowest BCUT2D eigenvalue weighted by Crippen LogP contribution is -2.60. The van der Waals surface area contributed by atoms with Crippen molar-refractivity contribution in [2.75, 3.05) is 32.8 Å². The molecular weight excluding hydrogens is 530 g/mol. The van der Waals surface area contributed by atoms with Gasteiger partial charge in [0.15, 0.2) is 16.6 Å². The first kappa shape index (κ1) is 28.9. The highest BCUT2D eigenvalue weighted by Crippen LogP contribution is 2.42. The van der Waals surface area contributed by atoms with Gasteiger partial charge in [-0.25, -0.2) is 9.78 Å². The molecule has 0 saturated heterocycles. The van der Waals surface area contributed by atoms with Crippen molar-refractivity contribution in [3.05, 3.63) is 70.7 Å². The number of methoxy groups -OCH3 is 2. The lowest BCUT2D eigenvalue weighted by atomic mass is 9.70. The highest BCUT2D eigenvalue weighted by Gasteiger charge is 2.53. The van der Waals surface area contributed by atoms with Crippen molar-refractivity contribution in [3.63, 3.8) is 0 Å². The lowest BCUT2D eigenvalue weighted by Gasteiger charge is -2.47. The maximum Gasteiger partial charge on any atom is 0.337 e. The van der Waals surface area contributed by atoms with Crippen LogP contribution in [0.3, 0.4) is 0 Å². The van der Waals surface area contributed by atoms with E-state index in [1.165, 1.54) is 11.3 Å². The number of allylic oxidation sites excluding steroid dienone is 1. The van der Waals surface area contributed by atoms with E-state index < -0.39 is 29.4 Å². The number of esters is 2. The largest absolute Gasteiger partial charge is 0.493 e. The van der Waals surface area contributed by atoms with E-state index in [0.29, 0.717) is 33.6 Å². The fourth-order valence-corrected chi connectivity index (χ4v) is 5.91. The first-order valence-electron chi connectivity index (χ1n) is 13.1. The third-order valence-corrected chi connectivity index (χ3v) is 7.76. The zero-order valence-electron chi connectivity index (χ0n) is 23.6. The minimum atomic E-state index is -0.894. The summed E-state index contributed by atoms with van der Waals surface area (Å²) in [6.07, 6.45) is 0. The van der Waals surface area contributed by atoms with Gasteiger partial charge in [-0.1, -0.05) is 30.3 Å². The molecule has 9 nitrogen and oxygen atoms in total. The van der Waals surface area contributed by atoms with E-state index >= 15 is 0 Å². The maximum absolute atomic E-state index is 13.7. The van der Waals surface area contributed by atoms with Gasteiger partial charge in [0.05, 0.1) is 50.3 Å². The van der Waals surface area contributed by atoms with E-state index in [-0.39, 0.29) is 13.2 Å². The second kappa shape index (κ2) is 12.4. The molecule has 10 heteroatoms. The Morgan fingerprint density at radius 1 is 1.02 bits per heavy atom. The highest BCUT2D eigenvalue weighted by atomic mass is 32.1. The molecule has 2 aromatic carbocycles. The molecule has 1 aliphatic rings. The minimum Gasteiger partial charge on any atom is -0.493 e. The van der Waals surface area contributed by atoms with Crippen LogP contribution in [0.15, 0.2) is 65.2 Å². The van der Waals surface area contributed by atoms with Crippen LogP contribution >= 0.6 is 11.3 Å². The molecule has 1 aromatic heterocycles. The SMILES string of the molecule is CCOC(=O)C1=C(C)NC(C)(c2ccccc2)C(C(=O)OCC)C1Nc1nc(-c2ccc(OC)c(OC)c2)cs1. The van der Waals surface area contributed by atoms with E-state index in [9.17, 15) is 9.59 Å². The monoisotopic (exact) mass is 565 g/mol. The van der Waals surface area contributed by atoms with Gasteiger partial charge in [0.2, 0.25) is 0 Å². The summed E-state index contributed by atoms with van der Waals surface area (Å²) < 4.78 is 21.8. The Morgan fingerprint density at radius 3 is 2.38 bits per heavy atom. The molecule has 0 bridgehead atoms. The second-order valence-electron chi connectivity index (χ2n) is 9.41. The third kappa shape index (κ3) is 5.62. The minimum absolute atomic E-state index is 0.197. The van der Waals surface area contributed by atoms with Crippen molar-refractivity contribution in [2.45, 2.75) is 39.3 Å². The first-order chi connectivity index (χ1) is 19.3. The fraction of sp³-hybridized carbons (Fsp3) is 0.367. The number of carbonyl (C=O) groups is 2. The summed E-state index contributed by atoms with van der Waals surface area (Å²) in [5.74, 6) is -0.570. The molecule has 4 rings (SSSR count). The first-order valence-corrected chi connectivity index (χ1v) is 14.0. The van der Waals surface area contributed by atoms with Crippen LogP contribution in [0.2, 0.25) is 0 Å². The number of nitrogens with one attached hydrogen (secondary N) is 2. The van der Waals surface area contributed by atoms with E-state index in [1.807, 2.05) is 67.8 Å². The molecule has 0 spiro atoms. The van der Waals surface area contributed by atoms with E-state index in [2.05, 4.69) is 10.6 Å². The van der Waals surface area contributed by atoms with Gasteiger partial charge in [-0.15, -0.1) is 11.3 Å². The number of aromatic nitrogens is 1. The summed E-state index contributed by atoms with van der Waals surface area (Å²) in [5, 5.41) is 9.30. The van der Waals surface area contributed by atoms with Gasteiger partial charge in [-0.05, 0) is 51.5 Å². The predicted molar refractivity (Wildman–Crippen MR) is 154 cm³/mol. The van der Waals surface area contributed by atoms with Gasteiger partial charge in [0.1, 0.15) is 5.92 Å². The topological polar surface area (TPSA) is 108 Å². The predicted octanol–water partition coefficient (Wildman–Crippen LogP) is 5.14. The van der Waals surface area contributed by atoms with Crippen molar-refractivity contribution < 1.29 is 28.5 Å². The van der Waals surface area contributed by atoms with Gasteiger partial charge < -0.3 is 29.6 Å². The molecular formula is C30H35N3O6S. The van der Waals surface area contributed by atoms with Crippen LogP contribution in [0.25, 0.3) is 11.3 Å². The van der Waals surface area contributed by atoms with Crippen LogP contribution in [0.1, 0.15) is 33.3 Å². The van der Waals surface area contributed by atoms with Gasteiger partial charge in [0.25, 0.3) is 0 Å². The van der Waals surface area contributed by atoms with E-state index in [1.54, 1.807) is 28.1 Å². The Kier molecular flexibility index (Phi) is 8.99. The normalized spacial score (nSPS) is 20.4. The molecule has 2 heterocycles. The van der Waals surface area contributed by atoms with Crippen LogP contribution in [-0.2, 0) is 24.6 Å². The van der Waals surface area contributed by atoms with Crippen LogP contribution < -0.4 is 20.1 Å². The number of ether oxygens (including phenoxy) is 4. The molecule has 2 N–H and O–H groups in total. The summed E-state index contributed by atoms with van der Waals surface area (Å²) in [4.78, 5) is 31.7. The van der Waals surface area contributed by atoms with E-state index in [4.69, 9.17) is 23.9 Å². The maximum atomic E-state index is 13.7. The number of hydrogen-bond donors (Lipinski definition) is 2. The van der Waals surface area contributed by atoms with Gasteiger partial charge in [0, 0.05) is 16.6 Å². The molecule has 0 fully saturated rings. The Bertz CT molecular complexity index is 1390. The zero-order chi connectivity index (χ0) is 28.9. The summed E-state index contributed by atoms with van der Waals surface area (Å²) in [6.45, 7) is 7.68. The molecule has 212 valence electrons. The van der Waals surface area contributed by atoms with Crippen molar-refractivity contribution in [3.8, 4) is 22.8 Å². The molecule has 40 heavy (non-hydrogen) atoms. The van der Waals surface area contributed by atoms with Crippen LogP contribution in [0.5, 0.6) is 11.5 Å². The molecule has 3 unspecified atom stereocenters. The third-order valence-electron chi connectivity index (χ3n) is 6.99. The Morgan fingerprint density at radius 2 is 1.73 bits per heavy atom. The van der Waals surface area contributed by atoms with Crippen molar-refractivity contribution in [1.82, 2.24) is 10.3 Å². The average Bonchev–Trinajstić information content (AvgIpc) is 3.41.